The molecule has 3 nitrogen and oxygen atoms in total. The van der Waals surface area contributed by atoms with Crippen LogP contribution in [0.15, 0.2) is 18.2 Å². The van der Waals surface area contributed by atoms with E-state index in [2.05, 4.69) is 5.32 Å². The van der Waals surface area contributed by atoms with Crippen LogP contribution >= 0.6 is 0 Å². The molecule has 0 bridgehead atoms. The van der Waals surface area contributed by atoms with Crippen LogP contribution in [0.1, 0.15) is 43.1 Å². The number of hydrogen-bond donors (Lipinski definition) is 2. The zero-order valence-electron chi connectivity index (χ0n) is 11.8. The van der Waals surface area contributed by atoms with E-state index < -0.39 is 23.3 Å². The van der Waals surface area contributed by atoms with Gasteiger partial charge in [0.1, 0.15) is 0 Å². The number of nitrogen functional groups attached to an aromatic ring is 1. The first kappa shape index (κ1) is 16.3. The largest absolute Gasteiger partial charge is 0.418 e. The lowest BCUT2D eigenvalue weighted by Gasteiger charge is -2.23. The molecule has 0 aliphatic heterocycles. The highest BCUT2D eigenvalue weighted by Gasteiger charge is 2.34. The van der Waals surface area contributed by atoms with Gasteiger partial charge in [-0.1, -0.05) is 26.8 Å². The Hall–Kier alpha value is -1.72. The van der Waals surface area contributed by atoms with Crippen LogP contribution in [0, 0.1) is 5.41 Å². The van der Waals surface area contributed by atoms with E-state index in [1.807, 2.05) is 20.8 Å². The first-order valence-corrected chi connectivity index (χ1v) is 6.32. The highest BCUT2D eigenvalue weighted by atomic mass is 19.4. The summed E-state index contributed by atoms with van der Waals surface area (Å²) in [7, 11) is 0. The number of carbonyl (C=O) groups is 1. The van der Waals surface area contributed by atoms with Crippen LogP contribution in [0.25, 0.3) is 0 Å². The predicted octanol–water partition coefficient (Wildman–Crippen LogP) is 3.45. The molecule has 6 heteroatoms. The number of nitrogens with one attached hydrogen (secondary N) is 1. The number of halogens is 3. The van der Waals surface area contributed by atoms with Crippen molar-refractivity contribution in [2.24, 2.45) is 5.41 Å². The van der Waals surface area contributed by atoms with Gasteiger partial charge in [-0.15, -0.1) is 0 Å². The van der Waals surface area contributed by atoms with Gasteiger partial charge in [-0.05, 0) is 24.0 Å². The Morgan fingerprint density at radius 3 is 2.40 bits per heavy atom. The summed E-state index contributed by atoms with van der Waals surface area (Å²) in [6.07, 6.45) is -3.73. The van der Waals surface area contributed by atoms with Crippen LogP contribution in [0.3, 0.4) is 0 Å². The van der Waals surface area contributed by atoms with Crippen molar-refractivity contribution >= 4 is 11.6 Å². The zero-order valence-corrected chi connectivity index (χ0v) is 11.8. The molecule has 1 aromatic carbocycles. The second-order valence-electron chi connectivity index (χ2n) is 5.47. The molecule has 3 N–H and O–H groups in total. The molecular weight excluding hydrogens is 269 g/mol. The monoisotopic (exact) mass is 288 g/mol. The zero-order chi connectivity index (χ0) is 15.6. The third kappa shape index (κ3) is 3.88. The number of hydrogen-bond acceptors (Lipinski definition) is 2. The molecule has 0 atom stereocenters. The minimum absolute atomic E-state index is 0.119. The highest BCUT2D eigenvalue weighted by Crippen LogP contribution is 2.34. The van der Waals surface area contributed by atoms with E-state index in [9.17, 15) is 18.0 Å². The standard InChI is InChI=1S/C14H19F3N2O/c1-4-13(2,3)8-19-12(20)9-6-5-7-10(11(9)18)14(15,16)17/h5-7H,4,8,18H2,1-3H3,(H,19,20). The summed E-state index contributed by atoms with van der Waals surface area (Å²) in [5, 5.41) is 2.62. The molecule has 0 saturated carbocycles. The van der Waals surface area contributed by atoms with Crippen molar-refractivity contribution in [3.63, 3.8) is 0 Å². The van der Waals surface area contributed by atoms with Crippen LogP contribution in [0.5, 0.6) is 0 Å². The second kappa shape index (κ2) is 5.73. The maximum absolute atomic E-state index is 12.7. The fourth-order valence-corrected chi connectivity index (χ4v) is 1.55. The number of nitrogens with two attached hydrogens (primary N) is 1. The number of para-hydroxylation sites is 1. The molecule has 0 fully saturated rings. The maximum Gasteiger partial charge on any atom is 0.418 e. The summed E-state index contributed by atoms with van der Waals surface area (Å²) < 4.78 is 38.1. The van der Waals surface area contributed by atoms with Gasteiger partial charge in [0.05, 0.1) is 16.8 Å². The average molecular weight is 288 g/mol. The van der Waals surface area contributed by atoms with E-state index in [1.54, 1.807) is 0 Å². The van der Waals surface area contributed by atoms with Crippen molar-refractivity contribution in [3.05, 3.63) is 29.3 Å². The lowest BCUT2D eigenvalue weighted by molar-refractivity contribution is -0.136. The fraction of sp³-hybridized carbons (Fsp3) is 0.500. The van der Waals surface area contributed by atoms with Crippen LogP contribution in [0.2, 0.25) is 0 Å². The highest BCUT2D eigenvalue weighted by molar-refractivity contribution is 5.99. The quantitative estimate of drug-likeness (QED) is 0.834. The van der Waals surface area contributed by atoms with Gasteiger partial charge in [-0.2, -0.15) is 13.2 Å². The summed E-state index contributed by atoms with van der Waals surface area (Å²) in [4.78, 5) is 11.9. The molecule has 1 rings (SSSR count). The third-order valence-electron chi connectivity index (χ3n) is 3.34. The number of alkyl halides is 3. The van der Waals surface area contributed by atoms with E-state index in [0.29, 0.717) is 6.54 Å². The molecule has 0 aliphatic rings. The van der Waals surface area contributed by atoms with Crippen LogP contribution < -0.4 is 11.1 Å². The normalized spacial score (nSPS) is 12.3. The number of amides is 1. The number of benzene rings is 1. The van der Waals surface area contributed by atoms with Gasteiger partial charge in [0.15, 0.2) is 0 Å². The second-order valence-corrected chi connectivity index (χ2v) is 5.47. The van der Waals surface area contributed by atoms with E-state index >= 15 is 0 Å². The van der Waals surface area contributed by atoms with Gasteiger partial charge in [0, 0.05) is 6.54 Å². The van der Waals surface area contributed by atoms with Crippen molar-refractivity contribution < 1.29 is 18.0 Å². The molecule has 0 heterocycles. The molecule has 0 saturated heterocycles. The number of carbonyl (C=O) groups excluding carboxylic acids is 1. The summed E-state index contributed by atoms with van der Waals surface area (Å²) >= 11 is 0. The summed E-state index contributed by atoms with van der Waals surface area (Å²) in [6.45, 7) is 6.27. The Morgan fingerprint density at radius 2 is 1.90 bits per heavy atom. The summed E-state index contributed by atoms with van der Waals surface area (Å²) in [5.41, 5.74) is 3.67. The number of rotatable bonds is 4. The Bertz CT molecular complexity index is 496. The van der Waals surface area contributed by atoms with Crippen molar-refractivity contribution in [2.75, 3.05) is 12.3 Å². The molecule has 20 heavy (non-hydrogen) atoms. The third-order valence-corrected chi connectivity index (χ3v) is 3.34. The molecule has 0 unspecified atom stereocenters. The maximum atomic E-state index is 12.7. The van der Waals surface area contributed by atoms with Crippen molar-refractivity contribution in [1.29, 1.82) is 0 Å². The van der Waals surface area contributed by atoms with Crippen molar-refractivity contribution in [3.8, 4) is 0 Å². The van der Waals surface area contributed by atoms with E-state index in [-0.39, 0.29) is 11.0 Å². The lowest BCUT2D eigenvalue weighted by Crippen LogP contribution is -2.34. The molecule has 0 spiro atoms. The molecular formula is C14H19F3N2O. The summed E-state index contributed by atoms with van der Waals surface area (Å²) in [5.74, 6) is -0.588. The van der Waals surface area contributed by atoms with E-state index in [4.69, 9.17) is 5.73 Å². The molecule has 1 aromatic rings. The minimum atomic E-state index is -4.57. The van der Waals surface area contributed by atoms with Gasteiger partial charge >= 0.3 is 6.18 Å². The Morgan fingerprint density at radius 1 is 1.30 bits per heavy atom. The average Bonchev–Trinajstić information content (AvgIpc) is 2.35. The van der Waals surface area contributed by atoms with Crippen molar-refractivity contribution in [1.82, 2.24) is 5.32 Å². The Balaban J connectivity index is 2.95. The van der Waals surface area contributed by atoms with Crippen LogP contribution in [-0.4, -0.2) is 12.5 Å². The SMILES string of the molecule is CCC(C)(C)CNC(=O)c1cccc(C(F)(F)F)c1N. The lowest BCUT2D eigenvalue weighted by atomic mass is 9.90. The van der Waals surface area contributed by atoms with Gasteiger partial charge < -0.3 is 11.1 Å². The van der Waals surface area contributed by atoms with Crippen LogP contribution in [-0.2, 0) is 6.18 Å². The smallest absolute Gasteiger partial charge is 0.398 e. The predicted molar refractivity (Wildman–Crippen MR) is 72.3 cm³/mol. The first-order valence-electron chi connectivity index (χ1n) is 6.32. The minimum Gasteiger partial charge on any atom is -0.398 e. The Kier molecular flexibility index (Phi) is 4.68. The van der Waals surface area contributed by atoms with E-state index in [1.165, 1.54) is 12.1 Å². The van der Waals surface area contributed by atoms with E-state index in [0.717, 1.165) is 12.5 Å². The molecule has 1 amide bonds. The fourth-order valence-electron chi connectivity index (χ4n) is 1.55. The van der Waals surface area contributed by atoms with Gasteiger partial charge in [0.25, 0.3) is 5.91 Å². The van der Waals surface area contributed by atoms with Gasteiger partial charge in [0.2, 0.25) is 0 Å². The topological polar surface area (TPSA) is 55.1 Å². The Labute approximate surface area is 116 Å². The van der Waals surface area contributed by atoms with Gasteiger partial charge in [-0.25, -0.2) is 0 Å². The van der Waals surface area contributed by atoms with Crippen molar-refractivity contribution in [2.45, 2.75) is 33.4 Å². The molecule has 0 aromatic heterocycles. The van der Waals surface area contributed by atoms with Crippen LogP contribution in [0.4, 0.5) is 18.9 Å². The molecule has 0 radical (unpaired) electrons. The number of anilines is 1. The molecule has 0 aliphatic carbocycles. The molecule has 112 valence electrons. The summed E-state index contributed by atoms with van der Waals surface area (Å²) in [6, 6.07) is 3.33. The van der Waals surface area contributed by atoms with Gasteiger partial charge in [-0.3, -0.25) is 4.79 Å². The first-order chi connectivity index (χ1) is 9.08.